The van der Waals surface area contributed by atoms with Crippen molar-refractivity contribution in [3.05, 3.63) is 57.6 Å². The molecule has 0 N–H and O–H groups in total. The fourth-order valence-corrected chi connectivity index (χ4v) is 3.24. The van der Waals surface area contributed by atoms with Gasteiger partial charge in [-0.05, 0) is 30.3 Å². The molecule has 0 bridgehead atoms. The molecule has 0 fully saturated rings. The zero-order valence-electron chi connectivity index (χ0n) is 10.7. The number of benzene rings is 2. The predicted octanol–water partition coefficient (Wildman–Crippen LogP) is 2.23. The minimum absolute atomic E-state index is 0.0120. The Kier molecular flexibility index (Phi) is 3.30. The number of halogens is 1. The van der Waals surface area contributed by atoms with Gasteiger partial charge in [-0.3, -0.25) is 10.1 Å². The van der Waals surface area contributed by atoms with E-state index in [1.54, 1.807) is 0 Å². The van der Waals surface area contributed by atoms with E-state index < -0.39 is 14.9 Å². The van der Waals surface area contributed by atoms with Crippen molar-refractivity contribution in [1.29, 1.82) is 0 Å². The highest BCUT2D eigenvalue weighted by Gasteiger charge is 2.22. The van der Waals surface area contributed by atoms with Crippen LogP contribution in [0.2, 0.25) is 5.02 Å². The molecule has 0 unspecified atom stereocenters. The molecule has 112 valence electrons. The first-order chi connectivity index (χ1) is 10.4. The maximum Gasteiger partial charge on any atom is 0.284 e. The number of fused-ring (bicyclic) bond motifs is 1. The lowest BCUT2D eigenvalue weighted by Crippen LogP contribution is -2.14. The van der Waals surface area contributed by atoms with Gasteiger partial charge in [-0.1, -0.05) is 16.8 Å². The molecule has 22 heavy (non-hydrogen) atoms. The second-order valence-corrected chi connectivity index (χ2v) is 6.53. The summed E-state index contributed by atoms with van der Waals surface area (Å²) >= 11 is 5.74. The molecule has 0 spiro atoms. The zero-order valence-corrected chi connectivity index (χ0v) is 12.3. The van der Waals surface area contributed by atoms with Gasteiger partial charge in [0.1, 0.15) is 11.0 Å². The molecule has 3 rings (SSSR count). The summed E-state index contributed by atoms with van der Waals surface area (Å²) < 4.78 is 25.8. The van der Waals surface area contributed by atoms with Gasteiger partial charge in [0.25, 0.3) is 15.7 Å². The average molecular weight is 339 g/mol. The van der Waals surface area contributed by atoms with Crippen molar-refractivity contribution < 1.29 is 13.3 Å². The first-order valence-electron chi connectivity index (χ1n) is 5.90. The van der Waals surface area contributed by atoms with E-state index in [1.807, 2.05) is 0 Å². The SMILES string of the molecule is O=[N+]([O-])c1ccc2c(c1)nnn2S(=O)(=O)c1ccc(Cl)cc1. The summed E-state index contributed by atoms with van der Waals surface area (Å²) in [5, 5.41) is 18.4. The predicted molar refractivity (Wildman–Crippen MR) is 78.2 cm³/mol. The molecule has 0 radical (unpaired) electrons. The third-order valence-corrected chi connectivity index (χ3v) is 4.79. The summed E-state index contributed by atoms with van der Waals surface area (Å²) in [6.07, 6.45) is 0. The number of hydrogen-bond donors (Lipinski definition) is 0. The Labute approximate surface area is 129 Å². The molecule has 0 aliphatic rings. The van der Waals surface area contributed by atoms with E-state index >= 15 is 0 Å². The largest absolute Gasteiger partial charge is 0.284 e. The van der Waals surface area contributed by atoms with Crippen molar-refractivity contribution in [1.82, 2.24) is 14.4 Å². The van der Waals surface area contributed by atoms with Gasteiger partial charge < -0.3 is 0 Å². The van der Waals surface area contributed by atoms with E-state index in [0.717, 1.165) is 10.2 Å². The van der Waals surface area contributed by atoms with E-state index in [9.17, 15) is 18.5 Å². The summed E-state index contributed by atoms with van der Waals surface area (Å²) in [5.41, 5.74) is 0.0794. The summed E-state index contributed by atoms with van der Waals surface area (Å²) in [6.45, 7) is 0. The van der Waals surface area contributed by atoms with E-state index in [1.165, 1.54) is 36.4 Å². The molecular formula is C12H7ClN4O4S. The Morgan fingerprint density at radius 1 is 1.14 bits per heavy atom. The standard InChI is InChI=1S/C12H7ClN4O4S/c13-8-1-4-10(5-2-8)22(20,21)16-12-6-3-9(17(18)19)7-11(12)14-15-16/h1-7H. The fourth-order valence-electron chi connectivity index (χ4n) is 1.89. The molecular weight excluding hydrogens is 332 g/mol. The van der Waals surface area contributed by atoms with Crippen LogP contribution in [0.15, 0.2) is 47.4 Å². The topological polar surface area (TPSA) is 108 Å². The molecule has 0 amide bonds. The van der Waals surface area contributed by atoms with Crippen LogP contribution in [0.1, 0.15) is 0 Å². The van der Waals surface area contributed by atoms with E-state index in [2.05, 4.69) is 10.3 Å². The molecule has 10 heteroatoms. The van der Waals surface area contributed by atoms with E-state index in [-0.39, 0.29) is 21.6 Å². The van der Waals surface area contributed by atoms with E-state index in [4.69, 9.17) is 11.6 Å². The summed E-state index contributed by atoms with van der Waals surface area (Å²) in [5.74, 6) is 0. The number of nitrogens with zero attached hydrogens (tertiary/aromatic N) is 4. The molecule has 2 aromatic carbocycles. The molecule has 0 aliphatic heterocycles. The van der Waals surface area contributed by atoms with Crippen LogP contribution in [0.4, 0.5) is 5.69 Å². The van der Waals surface area contributed by atoms with Gasteiger partial charge >= 0.3 is 0 Å². The molecule has 8 nitrogen and oxygen atoms in total. The number of rotatable bonds is 3. The lowest BCUT2D eigenvalue weighted by Gasteiger charge is -2.04. The normalized spacial score (nSPS) is 11.7. The van der Waals surface area contributed by atoms with Crippen LogP contribution in [0, 0.1) is 10.1 Å². The van der Waals surface area contributed by atoms with E-state index in [0.29, 0.717) is 5.02 Å². The van der Waals surface area contributed by atoms with Gasteiger partial charge in [0, 0.05) is 17.2 Å². The van der Waals surface area contributed by atoms with Crippen molar-refractivity contribution in [2.24, 2.45) is 0 Å². The van der Waals surface area contributed by atoms with Crippen LogP contribution in [-0.2, 0) is 10.0 Å². The number of non-ortho nitro benzene ring substituents is 1. The second kappa shape index (κ2) is 5.04. The molecule has 1 aromatic heterocycles. The second-order valence-electron chi connectivity index (χ2n) is 4.32. The monoisotopic (exact) mass is 338 g/mol. The number of hydrogen-bond acceptors (Lipinski definition) is 6. The summed E-state index contributed by atoms with van der Waals surface area (Å²) in [4.78, 5) is 10.1. The Morgan fingerprint density at radius 3 is 2.45 bits per heavy atom. The van der Waals surface area contributed by atoms with Crippen LogP contribution in [-0.4, -0.2) is 27.7 Å². The van der Waals surface area contributed by atoms with Gasteiger partial charge in [0.15, 0.2) is 0 Å². The van der Waals surface area contributed by atoms with Crippen LogP contribution in [0.25, 0.3) is 11.0 Å². The highest BCUT2D eigenvalue weighted by molar-refractivity contribution is 7.90. The first kappa shape index (κ1) is 14.4. The Balaban J connectivity index is 2.17. The molecule has 0 atom stereocenters. The molecule has 0 saturated heterocycles. The van der Waals surface area contributed by atoms with Crippen molar-refractivity contribution in [3.63, 3.8) is 0 Å². The van der Waals surface area contributed by atoms with Crippen LogP contribution >= 0.6 is 11.6 Å². The maximum atomic E-state index is 12.5. The van der Waals surface area contributed by atoms with Crippen molar-refractivity contribution in [2.75, 3.05) is 0 Å². The van der Waals surface area contributed by atoms with Crippen LogP contribution in [0.5, 0.6) is 0 Å². The minimum atomic E-state index is -3.96. The number of nitro groups is 1. The summed E-state index contributed by atoms with van der Waals surface area (Å²) in [6, 6.07) is 9.22. The van der Waals surface area contributed by atoms with Crippen molar-refractivity contribution in [3.8, 4) is 0 Å². The quantitative estimate of drug-likeness (QED) is 0.535. The number of nitro benzene ring substituents is 1. The highest BCUT2D eigenvalue weighted by Crippen LogP contribution is 2.23. The van der Waals surface area contributed by atoms with Crippen molar-refractivity contribution in [2.45, 2.75) is 4.90 Å². The average Bonchev–Trinajstić information content (AvgIpc) is 2.91. The van der Waals surface area contributed by atoms with Crippen LogP contribution in [0.3, 0.4) is 0 Å². The number of aromatic nitrogens is 3. The van der Waals surface area contributed by atoms with Gasteiger partial charge in [-0.15, -0.1) is 9.19 Å². The molecule has 3 aromatic rings. The fraction of sp³-hybridized carbons (Fsp3) is 0. The van der Waals surface area contributed by atoms with Gasteiger partial charge in [-0.2, -0.15) is 8.42 Å². The van der Waals surface area contributed by atoms with Gasteiger partial charge in [-0.25, -0.2) is 0 Å². The third-order valence-electron chi connectivity index (χ3n) is 2.95. The minimum Gasteiger partial charge on any atom is -0.258 e. The Bertz CT molecular complexity index is 982. The smallest absolute Gasteiger partial charge is 0.258 e. The maximum absolute atomic E-state index is 12.5. The highest BCUT2D eigenvalue weighted by atomic mass is 35.5. The molecule has 0 saturated carbocycles. The first-order valence-corrected chi connectivity index (χ1v) is 7.72. The lowest BCUT2D eigenvalue weighted by atomic mass is 10.3. The van der Waals surface area contributed by atoms with Gasteiger partial charge in [0.2, 0.25) is 0 Å². The molecule has 1 heterocycles. The Morgan fingerprint density at radius 2 is 1.82 bits per heavy atom. The lowest BCUT2D eigenvalue weighted by molar-refractivity contribution is -0.384. The third kappa shape index (κ3) is 2.30. The van der Waals surface area contributed by atoms with Crippen LogP contribution < -0.4 is 0 Å². The molecule has 0 aliphatic carbocycles. The Hall–Kier alpha value is -2.52. The zero-order chi connectivity index (χ0) is 15.9. The summed E-state index contributed by atoms with van der Waals surface area (Å²) in [7, 11) is -3.96. The van der Waals surface area contributed by atoms with Gasteiger partial charge in [0.05, 0.1) is 9.82 Å². The van der Waals surface area contributed by atoms with Crippen molar-refractivity contribution >= 4 is 38.3 Å².